The molecule has 0 fully saturated rings. The van der Waals surface area contributed by atoms with Crippen LogP contribution in [0.5, 0.6) is 0 Å². The lowest BCUT2D eigenvalue weighted by atomic mass is 10.1. The van der Waals surface area contributed by atoms with Gasteiger partial charge in [0.25, 0.3) is 0 Å². The zero-order chi connectivity index (χ0) is 15.7. The Bertz CT molecular complexity index is 439. The molecule has 1 unspecified atom stereocenters. The number of aromatic nitrogens is 1. The minimum Gasteiger partial charge on any atom is -0.356 e. The van der Waals surface area contributed by atoms with E-state index in [1.807, 2.05) is 7.05 Å². The Morgan fingerprint density at radius 2 is 2.10 bits per heavy atom. The zero-order valence-corrected chi connectivity index (χ0v) is 14.9. The van der Waals surface area contributed by atoms with Crippen molar-refractivity contribution in [2.75, 3.05) is 13.6 Å². The van der Waals surface area contributed by atoms with Gasteiger partial charge in [0.15, 0.2) is 5.96 Å². The van der Waals surface area contributed by atoms with Crippen molar-refractivity contribution in [2.24, 2.45) is 4.99 Å². The number of aliphatic imine (C=N–C) groups is 1. The van der Waals surface area contributed by atoms with Gasteiger partial charge in [0.2, 0.25) is 0 Å². The van der Waals surface area contributed by atoms with Gasteiger partial charge in [-0.15, -0.1) is 11.3 Å². The van der Waals surface area contributed by atoms with Crippen LogP contribution in [-0.2, 0) is 6.42 Å². The third-order valence-electron chi connectivity index (χ3n) is 3.49. The van der Waals surface area contributed by atoms with E-state index in [9.17, 15) is 0 Å². The monoisotopic (exact) mass is 310 g/mol. The highest BCUT2D eigenvalue weighted by Crippen LogP contribution is 2.16. The number of hydrogen-bond donors (Lipinski definition) is 2. The lowest BCUT2D eigenvalue weighted by molar-refractivity contribution is 0.547. The molecule has 0 aliphatic carbocycles. The quantitative estimate of drug-likeness (QED) is 0.439. The van der Waals surface area contributed by atoms with Gasteiger partial charge >= 0.3 is 0 Å². The lowest BCUT2D eigenvalue weighted by Gasteiger charge is -2.17. The largest absolute Gasteiger partial charge is 0.356 e. The van der Waals surface area contributed by atoms with Crippen LogP contribution >= 0.6 is 11.3 Å². The number of hydrogen-bond acceptors (Lipinski definition) is 3. The van der Waals surface area contributed by atoms with Gasteiger partial charge in [-0.05, 0) is 27.2 Å². The van der Waals surface area contributed by atoms with Crippen LogP contribution in [0.25, 0.3) is 0 Å². The summed E-state index contributed by atoms with van der Waals surface area (Å²) in [6.45, 7) is 9.50. The molecular weight excluding hydrogens is 280 g/mol. The van der Waals surface area contributed by atoms with Gasteiger partial charge in [-0.1, -0.05) is 26.2 Å². The van der Waals surface area contributed by atoms with Crippen molar-refractivity contribution in [1.82, 2.24) is 15.6 Å². The first-order chi connectivity index (χ1) is 10.1. The fourth-order valence-corrected chi connectivity index (χ4v) is 3.24. The molecule has 1 rings (SSSR count). The van der Waals surface area contributed by atoms with E-state index in [0.29, 0.717) is 6.04 Å². The number of nitrogens with one attached hydrogen (secondary N) is 2. The second kappa shape index (κ2) is 9.77. The molecule has 2 N–H and O–H groups in total. The number of aryl methyl sites for hydroxylation is 2. The van der Waals surface area contributed by atoms with Crippen molar-refractivity contribution in [3.63, 3.8) is 0 Å². The first kappa shape index (κ1) is 18.0. The zero-order valence-electron chi connectivity index (χ0n) is 14.1. The van der Waals surface area contributed by atoms with Gasteiger partial charge in [0, 0.05) is 30.9 Å². The van der Waals surface area contributed by atoms with Crippen molar-refractivity contribution in [1.29, 1.82) is 0 Å². The number of guanidine groups is 1. The summed E-state index contributed by atoms with van der Waals surface area (Å²) in [5.74, 6) is 0.901. The Morgan fingerprint density at radius 3 is 2.67 bits per heavy atom. The molecule has 5 heteroatoms. The van der Waals surface area contributed by atoms with E-state index in [0.717, 1.165) is 29.6 Å². The van der Waals surface area contributed by atoms with E-state index in [1.54, 1.807) is 11.3 Å². The second-order valence-corrected chi connectivity index (χ2v) is 6.82. The smallest absolute Gasteiger partial charge is 0.191 e. The van der Waals surface area contributed by atoms with Gasteiger partial charge in [0.05, 0.1) is 10.7 Å². The van der Waals surface area contributed by atoms with Crippen LogP contribution in [-0.4, -0.2) is 30.6 Å². The summed E-state index contributed by atoms with van der Waals surface area (Å²) in [6.07, 6.45) is 6.06. The summed E-state index contributed by atoms with van der Waals surface area (Å²) in [4.78, 5) is 10.1. The number of nitrogens with zero attached hydrogens (tertiary/aromatic N) is 2. The maximum atomic E-state index is 4.46. The first-order valence-corrected chi connectivity index (χ1v) is 8.78. The molecule has 0 saturated heterocycles. The minimum absolute atomic E-state index is 0.468. The molecule has 1 atom stereocenters. The third-order valence-corrected chi connectivity index (χ3v) is 4.62. The molecule has 0 bridgehead atoms. The predicted molar refractivity (Wildman–Crippen MR) is 93.4 cm³/mol. The Morgan fingerprint density at radius 1 is 1.33 bits per heavy atom. The Hall–Kier alpha value is -1.10. The number of rotatable bonds is 8. The Kier molecular flexibility index (Phi) is 8.35. The molecule has 1 heterocycles. The van der Waals surface area contributed by atoms with Gasteiger partial charge in [-0.25, -0.2) is 4.98 Å². The first-order valence-electron chi connectivity index (χ1n) is 7.96. The molecule has 4 nitrogen and oxygen atoms in total. The predicted octanol–water partition coefficient (Wildman–Crippen LogP) is 3.44. The summed E-state index contributed by atoms with van der Waals surface area (Å²) in [6, 6.07) is 0.468. The van der Waals surface area contributed by atoms with E-state index in [-0.39, 0.29) is 0 Å². The van der Waals surface area contributed by atoms with E-state index in [1.165, 1.54) is 30.6 Å². The molecule has 0 aliphatic heterocycles. The summed E-state index contributed by atoms with van der Waals surface area (Å²) in [7, 11) is 1.83. The van der Waals surface area contributed by atoms with Crippen LogP contribution in [0.3, 0.4) is 0 Å². The summed E-state index contributed by atoms with van der Waals surface area (Å²) < 4.78 is 0. The summed E-state index contributed by atoms with van der Waals surface area (Å²) >= 11 is 1.79. The van der Waals surface area contributed by atoms with Crippen LogP contribution in [0.2, 0.25) is 0 Å². The second-order valence-electron chi connectivity index (χ2n) is 5.53. The molecule has 0 radical (unpaired) electrons. The lowest BCUT2D eigenvalue weighted by Crippen LogP contribution is -2.42. The Labute approximate surface area is 133 Å². The summed E-state index contributed by atoms with van der Waals surface area (Å²) in [5, 5.41) is 8.00. The highest BCUT2D eigenvalue weighted by Gasteiger charge is 2.07. The molecule has 120 valence electrons. The van der Waals surface area contributed by atoms with Crippen molar-refractivity contribution >= 4 is 17.3 Å². The van der Waals surface area contributed by atoms with Gasteiger partial charge in [0.1, 0.15) is 0 Å². The average molecular weight is 311 g/mol. The van der Waals surface area contributed by atoms with Gasteiger partial charge in [-0.3, -0.25) is 4.99 Å². The molecule has 0 spiro atoms. The van der Waals surface area contributed by atoms with Crippen molar-refractivity contribution in [2.45, 2.75) is 65.8 Å². The van der Waals surface area contributed by atoms with Crippen LogP contribution in [0.4, 0.5) is 0 Å². The molecule has 0 aromatic carbocycles. The number of thiazole rings is 1. The highest BCUT2D eigenvalue weighted by atomic mass is 32.1. The SMILES string of the molecule is CCCCCC(C)NC(=NC)NCCc1sc(C)nc1C. The van der Waals surface area contributed by atoms with Crippen molar-refractivity contribution in [3.8, 4) is 0 Å². The standard InChI is InChI=1S/C16H30N4S/c1-6-7-8-9-12(2)19-16(17-5)18-11-10-15-13(3)20-14(4)21-15/h12H,6-11H2,1-5H3,(H2,17,18,19). The molecule has 0 aliphatic rings. The molecular formula is C16H30N4S. The van der Waals surface area contributed by atoms with Crippen LogP contribution in [0, 0.1) is 13.8 Å². The highest BCUT2D eigenvalue weighted by molar-refractivity contribution is 7.11. The molecule has 1 aromatic heterocycles. The number of unbranched alkanes of at least 4 members (excludes halogenated alkanes) is 2. The van der Waals surface area contributed by atoms with Gasteiger partial charge in [-0.2, -0.15) is 0 Å². The molecule has 0 saturated carbocycles. The molecule has 21 heavy (non-hydrogen) atoms. The average Bonchev–Trinajstić information content (AvgIpc) is 2.76. The van der Waals surface area contributed by atoms with Crippen LogP contribution in [0.1, 0.15) is 55.1 Å². The van der Waals surface area contributed by atoms with E-state index < -0.39 is 0 Å². The van der Waals surface area contributed by atoms with Crippen LogP contribution in [0.15, 0.2) is 4.99 Å². The topological polar surface area (TPSA) is 49.3 Å². The van der Waals surface area contributed by atoms with Crippen LogP contribution < -0.4 is 10.6 Å². The van der Waals surface area contributed by atoms with E-state index in [2.05, 4.69) is 48.3 Å². The summed E-state index contributed by atoms with van der Waals surface area (Å²) in [5.41, 5.74) is 1.16. The van der Waals surface area contributed by atoms with Gasteiger partial charge < -0.3 is 10.6 Å². The molecule has 0 amide bonds. The fraction of sp³-hybridized carbons (Fsp3) is 0.750. The van der Waals surface area contributed by atoms with Crippen molar-refractivity contribution in [3.05, 3.63) is 15.6 Å². The fourth-order valence-electron chi connectivity index (χ4n) is 2.30. The molecule has 1 aromatic rings. The minimum atomic E-state index is 0.468. The maximum absolute atomic E-state index is 4.46. The van der Waals surface area contributed by atoms with E-state index in [4.69, 9.17) is 0 Å². The van der Waals surface area contributed by atoms with E-state index >= 15 is 0 Å². The van der Waals surface area contributed by atoms with Crippen molar-refractivity contribution < 1.29 is 0 Å². The maximum Gasteiger partial charge on any atom is 0.191 e. The Balaban J connectivity index is 2.29. The normalized spacial score (nSPS) is 13.3. The third kappa shape index (κ3) is 6.93.